The van der Waals surface area contributed by atoms with Crippen LogP contribution < -0.4 is 21.5 Å². The average molecular weight is 693 g/mol. The number of aryl methyl sites for hydroxylation is 1. The first kappa shape index (κ1) is 33.5. The Kier molecular flexibility index (Phi) is 9.63. The Bertz CT molecular complexity index is 1970. The van der Waals surface area contributed by atoms with Crippen LogP contribution >= 0.6 is 23.2 Å². The van der Waals surface area contributed by atoms with Gasteiger partial charge in [-0.1, -0.05) is 41.4 Å². The van der Waals surface area contributed by atoms with Gasteiger partial charge in [0.2, 0.25) is 0 Å². The van der Waals surface area contributed by atoms with Gasteiger partial charge in [-0.05, 0) is 60.9 Å². The van der Waals surface area contributed by atoms with Gasteiger partial charge < -0.3 is 10.2 Å². The Morgan fingerprint density at radius 3 is 2.15 bits per heavy atom. The van der Waals surface area contributed by atoms with Crippen molar-refractivity contribution in [1.82, 2.24) is 14.5 Å². The number of amides is 1. The molecule has 0 aliphatic carbocycles. The van der Waals surface area contributed by atoms with Crippen LogP contribution in [0.1, 0.15) is 28.8 Å². The number of rotatable bonds is 7. The smallest absolute Gasteiger partial charge is 0.371 e. The highest BCUT2D eigenvalue weighted by Gasteiger charge is 2.43. The normalized spacial score (nSPS) is 13.8. The number of nitrogens with zero attached hydrogens (tertiary/aromatic N) is 3. The highest BCUT2D eigenvalue weighted by molar-refractivity contribution is 6.39. The molecule has 5 rings (SSSR count). The van der Waals surface area contributed by atoms with E-state index in [9.17, 15) is 37.1 Å². The summed E-state index contributed by atoms with van der Waals surface area (Å²) < 4.78 is 40.1. The van der Waals surface area contributed by atoms with Gasteiger partial charge in [0.05, 0.1) is 32.2 Å². The van der Waals surface area contributed by atoms with Crippen LogP contribution in [0.4, 0.5) is 18.9 Å². The highest BCUT2D eigenvalue weighted by Crippen LogP contribution is 2.25. The molecule has 1 saturated heterocycles. The van der Waals surface area contributed by atoms with E-state index < -0.39 is 41.3 Å². The van der Waals surface area contributed by atoms with E-state index in [1.807, 2.05) is 12.1 Å². The number of hydrogen-bond acceptors (Lipinski definition) is 8. The molecule has 1 atom stereocenters. The van der Waals surface area contributed by atoms with Crippen molar-refractivity contribution in [3.63, 3.8) is 0 Å². The molecule has 1 fully saturated rings. The SMILES string of the molecule is Cn1c(=O)n(-c2ccc(CC(NC(=O)c3c(Cl)cccc3Cl)C(=O)OOC(=O)C(F)(F)F)cc2)c(=O)c2ccc(N3CCCC3)cc21. The second-order valence-corrected chi connectivity index (χ2v) is 11.5. The Balaban J connectivity index is 1.42. The van der Waals surface area contributed by atoms with Gasteiger partial charge in [0.15, 0.2) is 0 Å². The zero-order chi connectivity index (χ0) is 34.0. The van der Waals surface area contributed by atoms with Gasteiger partial charge in [-0.2, -0.15) is 13.2 Å². The molecule has 1 aliphatic rings. The highest BCUT2D eigenvalue weighted by atomic mass is 35.5. The molecule has 1 amide bonds. The number of nitrogens with one attached hydrogen (secondary N) is 1. The second-order valence-electron chi connectivity index (χ2n) is 10.6. The van der Waals surface area contributed by atoms with Crippen LogP contribution in [0.15, 0.2) is 70.3 Å². The van der Waals surface area contributed by atoms with Crippen molar-refractivity contribution in [3.8, 4) is 5.69 Å². The molecule has 1 aliphatic heterocycles. The van der Waals surface area contributed by atoms with Gasteiger partial charge >= 0.3 is 23.8 Å². The minimum Gasteiger partial charge on any atom is -0.371 e. The lowest BCUT2D eigenvalue weighted by atomic mass is 10.0. The molecule has 0 spiro atoms. The number of hydrogen-bond donors (Lipinski definition) is 1. The quantitative estimate of drug-likeness (QED) is 0.222. The van der Waals surface area contributed by atoms with Gasteiger partial charge in [-0.3, -0.25) is 14.2 Å². The van der Waals surface area contributed by atoms with E-state index in [1.165, 1.54) is 47.0 Å². The summed E-state index contributed by atoms with van der Waals surface area (Å²) in [5, 5.41) is 2.43. The van der Waals surface area contributed by atoms with Crippen molar-refractivity contribution in [1.29, 1.82) is 0 Å². The first-order valence-corrected chi connectivity index (χ1v) is 14.9. The predicted molar refractivity (Wildman–Crippen MR) is 166 cm³/mol. The standard InChI is InChI=1S/C31H25Cl2F3N4O7/c1-38-24-16-19(39-13-2-3-14-39)11-12-20(24)27(42)40(30(38)45)18-9-7-17(8-10-18)15-23(28(43)46-47-29(44)31(34,35)36)37-26(41)25-21(32)5-4-6-22(25)33/h4-12,16,23H,2-3,13-15H2,1H3,(H,37,41). The van der Waals surface area contributed by atoms with Crippen LogP contribution in [0.2, 0.25) is 10.0 Å². The summed E-state index contributed by atoms with van der Waals surface area (Å²) in [5.74, 6) is -5.30. The van der Waals surface area contributed by atoms with E-state index >= 15 is 0 Å². The molecule has 2 heterocycles. The molecule has 1 N–H and O–H groups in total. The van der Waals surface area contributed by atoms with Crippen LogP contribution in [-0.2, 0) is 32.8 Å². The van der Waals surface area contributed by atoms with Crippen LogP contribution in [0.3, 0.4) is 0 Å². The zero-order valence-corrected chi connectivity index (χ0v) is 26.0. The summed E-state index contributed by atoms with van der Waals surface area (Å²) in [5.41, 5.74) is 0.497. The monoisotopic (exact) mass is 692 g/mol. The Morgan fingerprint density at radius 1 is 0.915 bits per heavy atom. The number of carbonyl (C=O) groups is 3. The summed E-state index contributed by atoms with van der Waals surface area (Å²) >= 11 is 12.1. The molecule has 0 radical (unpaired) electrons. The van der Waals surface area contributed by atoms with Gasteiger partial charge in [-0.15, -0.1) is 0 Å². The number of aromatic nitrogens is 2. The van der Waals surface area contributed by atoms with Crippen LogP contribution in [0, 0.1) is 0 Å². The molecule has 16 heteroatoms. The topological polar surface area (TPSA) is 129 Å². The molecule has 4 aromatic rings. The summed E-state index contributed by atoms with van der Waals surface area (Å²) in [6.45, 7) is 1.77. The minimum atomic E-state index is -5.45. The lowest BCUT2D eigenvalue weighted by Gasteiger charge is -2.19. The third-order valence-electron chi connectivity index (χ3n) is 7.57. The molecule has 47 heavy (non-hydrogen) atoms. The fourth-order valence-corrected chi connectivity index (χ4v) is 5.75. The number of benzene rings is 3. The third kappa shape index (κ3) is 7.13. The second kappa shape index (κ2) is 13.5. The van der Waals surface area contributed by atoms with E-state index in [-0.39, 0.29) is 27.7 Å². The van der Waals surface area contributed by atoms with Crippen molar-refractivity contribution >= 4 is 57.6 Å². The van der Waals surface area contributed by atoms with Gasteiger partial charge in [-0.25, -0.2) is 28.7 Å². The Morgan fingerprint density at radius 2 is 1.53 bits per heavy atom. The molecule has 1 unspecified atom stereocenters. The molecule has 1 aromatic heterocycles. The van der Waals surface area contributed by atoms with Gasteiger partial charge in [0.25, 0.3) is 11.5 Å². The molecule has 0 saturated carbocycles. The maximum Gasteiger partial charge on any atom is 0.495 e. The third-order valence-corrected chi connectivity index (χ3v) is 8.20. The molecular formula is C31H25Cl2F3N4O7. The summed E-state index contributed by atoms with van der Waals surface area (Å²) in [6, 6.07) is 13.5. The van der Waals surface area contributed by atoms with Crippen molar-refractivity contribution in [3.05, 3.63) is 103 Å². The van der Waals surface area contributed by atoms with Crippen LogP contribution in [0.5, 0.6) is 0 Å². The van der Waals surface area contributed by atoms with E-state index in [4.69, 9.17) is 23.2 Å². The average Bonchev–Trinajstić information content (AvgIpc) is 3.57. The number of anilines is 1. The van der Waals surface area contributed by atoms with Crippen molar-refractivity contribution in [2.24, 2.45) is 7.05 Å². The largest absolute Gasteiger partial charge is 0.495 e. The Hall–Kier alpha value is -4.82. The molecule has 3 aromatic carbocycles. The molecular weight excluding hydrogens is 668 g/mol. The summed E-state index contributed by atoms with van der Waals surface area (Å²) in [7, 11) is 1.55. The summed E-state index contributed by atoms with van der Waals surface area (Å²) in [4.78, 5) is 73.5. The lowest BCUT2D eigenvalue weighted by molar-refractivity contribution is -0.286. The molecule has 0 bridgehead atoms. The van der Waals surface area contributed by atoms with E-state index in [2.05, 4.69) is 20.0 Å². The first-order valence-electron chi connectivity index (χ1n) is 14.1. The number of carbonyl (C=O) groups excluding carboxylic acids is 3. The number of halogens is 5. The fourth-order valence-electron chi connectivity index (χ4n) is 5.18. The Labute approximate surface area is 273 Å². The van der Waals surface area contributed by atoms with Crippen molar-refractivity contribution in [2.75, 3.05) is 18.0 Å². The van der Waals surface area contributed by atoms with Crippen molar-refractivity contribution in [2.45, 2.75) is 31.5 Å². The fraction of sp³-hybridized carbons (Fsp3) is 0.258. The molecule has 246 valence electrons. The maximum absolute atomic E-state index is 13.5. The van der Waals surface area contributed by atoms with Gasteiger partial charge in [0, 0.05) is 32.2 Å². The lowest BCUT2D eigenvalue weighted by Crippen LogP contribution is -2.44. The van der Waals surface area contributed by atoms with E-state index in [0.717, 1.165) is 36.2 Å². The number of alkyl halides is 3. The number of fused-ring (bicyclic) bond motifs is 1. The van der Waals surface area contributed by atoms with E-state index in [1.54, 1.807) is 13.1 Å². The van der Waals surface area contributed by atoms with Crippen LogP contribution in [-0.4, -0.2) is 52.3 Å². The maximum atomic E-state index is 13.5. The predicted octanol–water partition coefficient (Wildman–Crippen LogP) is 4.50. The van der Waals surface area contributed by atoms with Gasteiger partial charge in [0.1, 0.15) is 6.04 Å². The zero-order valence-electron chi connectivity index (χ0n) is 24.5. The molecule has 11 nitrogen and oxygen atoms in total. The minimum absolute atomic E-state index is 0.0790. The van der Waals surface area contributed by atoms with Crippen molar-refractivity contribution < 1.29 is 37.3 Å². The van der Waals surface area contributed by atoms with Crippen LogP contribution in [0.25, 0.3) is 16.6 Å². The summed E-state index contributed by atoms with van der Waals surface area (Å²) in [6.07, 6.45) is -3.72. The first-order chi connectivity index (χ1) is 22.3. The van der Waals surface area contributed by atoms with E-state index in [0.29, 0.717) is 16.5 Å².